The van der Waals surface area contributed by atoms with Crippen molar-refractivity contribution in [3.05, 3.63) is 35.6 Å². The van der Waals surface area contributed by atoms with E-state index in [0.717, 1.165) is 24.3 Å². The van der Waals surface area contributed by atoms with Gasteiger partial charge in [-0.3, -0.25) is 4.79 Å². The molecule has 124 valence electrons. The Morgan fingerprint density at radius 2 is 1.91 bits per heavy atom. The molecule has 0 unspecified atom stereocenters. The largest absolute Gasteiger partial charge is 0.345 e. The molecule has 0 heterocycles. The first-order valence-corrected chi connectivity index (χ1v) is 8.71. The number of hydrogen-bond acceptors (Lipinski definition) is 1. The van der Waals surface area contributed by atoms with Crippen LogP contribution in [0, 0.1) is 29.5 Å². The van der Waals surface area contributed by atoms with Crippen molar-refractivity contribution < 1.29 is 9.18 Å². The molecule has 1 aromatic carbocycles. The van der Waals surface area contributed by atoms with Crippen LogP contribution in [0.1, 0.15) is 57.4 Å². The first kappa shape index (κ1) is 17.5. The van der Waals surface area contributed by atoms with E-state index in [-0.39, 0.29) is 17.6 Å². The van der Waals surface area contributed by atoms with Crippen molar-refractivity contribution in [1.82, 2.24) is 5.32 Å². The lowest BCUT2D eigenvalue weighted by Gasteiger charge is -2.27. The van der Waals surface area contributed by atoms with E-state index in [9.17, 15) is 9.18 Å². The van der Waals surface area contributed by atoms with Crippen LogP contribution in [0.2, 0.25) is 0 Å². The molecular weight excluding hydrogens is 289 g/mol. The van der Waals surface area contributed by atoms with Gasteiger partial charge in [-0.05, 0) is 55.9 Å². The van der Waals surface area contributed by atoms with Gasteiger partial charge in [0.2, 0.25) is 5.91 Å². The van der Waals surface area contributed by atoms with E-state index in [4.69, 9.17) is 0 Å². The highest BCUT2D eigenvalue weighted by Gasteiger charge is 2.25. The third kappa shape index (κ3) is 6.06. The molecule has 0 spiro atoms. The molecule has 23 heavy (non-hydrogen) atoms. The van der Waals surface area contributed by atoms with Gasteiger partial charge in [0.15, 0.2) is 0 Å². The smallest absolute Gasteiger partial charge is 0.223 e. The standard InChI is InChI=1S/C20H26FNO/c1-2-3-5-16-7-11-18(12-8-16)20(23)22-15-4-6-17-9-13-19(21)14-10-17/h9-10,13-14,16,18H,2-3,5,7-8,11-12,15H2,1H3,(H,22,23). The summed E-state index contributed by atoms with van der Waals surface area (Å²) < 4.78 is 12.8. The Morgan fingerprint density at radius 1 is 1.22 bits per heavy atom. The number of nitrogens with one attached hydrogen (secondary N) is 1. The van der Waals surface area contributed by atoms with Crippen molar-refractivity contribution in [2.45, 2.75) is 51.9 Å². The minimum atomic E-state index is -0.265. The minimum absolute atomic E-state index is 0.132. The molecule has 0 aromatic heterocycles. The molecule has 1 aromatic rings. The molecule has 3 heteroatoms. The van der Waals surface area contributed by atoms with Gasteiger partial charge >= 0.3 is 0 Å². The van der Waals surface area contributed by atoms with Gasteiger partial charge in [-0.2, -0.15) is 0 Å². The van der Waals surface area contributed by atoms with Crippen molar-refractivity contribution in [2.75, 3.05) is 6.54 Å². The van der Waals surface area contributed by atoms with Crippen molar-refractivity contribution in [1.29, 1.82) is 0 Å². The fraction of sp³-hybridized carbons (Fsp3) is 0.550. The monoisotopic (exact) mass is 315 g/mol. The van der Waals surface area contributed by atoms with Crippen molar-refractivity contribution in [2.24, 2.45) is 11.8 Å². The highest BCUT2D eigenvalue weighted by Crippen LogP contribution is 2.31. The summed E-state index contributed by atoms with van der Waals surface area (Å²) in [5.41, 5.74) is 0.761. The summed E-state index contributed by atoms with van der Waals surface area (Å²) in [6.07, 6.45) is 8.25. The molecule has 1 aliphatic rings. The number of amides is 1. The number of halogens is 1. The van der Waals surface area contributed by atoms with Gasteiger partial charge in [0, 0.05) is 11.5 Å². The second-order valence-corrected chi connectivity index (χ2v) is 6.39. The lowest BCUT2D eigenvalue weighted by molar-refractivity contribution is -0.125. The van der Waals surface area contributed by atoms with Gasteiger partial charge in [-0.15, -0.1) is 0 Å². The molecule has 1 fully saturated rings. The Hall–Kier alpha value is -1.82. The molecule has 1 aliphatic carbocycles. The number of unbranched alkanes of at least 4 members (excludes halogenated alkanes) is 1. The summed E-state index contributed by atoms with van der Waals surface area (Å²) >= 11 is 0. The Labute approximate surface area is 138 Å². The van der Waals surface area contributed by atoms with E-state index in [1.165, 1.54) is 44.2 Å². The van der Waals surface area contributed by atoms with Gasteiger partial charge < -0.3 is 5.32 Å². The number of carbonyl (C=O) groups is 1. The van der Waals surface area contributed by atoms with E-state index in [1.807, 2.05) is 0 Å². The zero-order valence-electron chi connectivity index (χ0n) is 13.9. The number of rotatable bonds is 5. The Morgan fingerprint density at radius 3 is 2.57 bits per heavy atom. The normalized spacial score (nSPS) is 20.4. The molecule has 0 saturated heterocycles. The second-order valence-electron chi connectivity index (χ2n) is 6.39. The molecule has 0 bridgehead atoms. The maximum Gasteiger partial charge on any atom is 0.223 e. The quantitative estimate of drug-likeness (QED) is 0.807. The third-order valence-corrected chi connectivity index (χ3v) is 4.61. The highest BCUT2D eigenvalue weighted by atomic mass is 19.1. The molecule has 1 saturated carbocycles. The summed E-state index contributed by atoms with van der Waals surface area (Å²) in [5.74, 6) is 6.69. The lowest BCUT2D eigenvalue weighted by atomic mass is 9.79. The third-order valence-electron chi connectivity index (χ3n) is 4.61. The number of carbonyl (C=O) groups excluding carboxylic acids is 1. The maximum absolute atomic E-state index is 12.8. The summed E-state index contributed by atoms with van der Waals surface area (Å²) in [6, 6.07) is 6.06. The van der Waals surface area contributed by atoms with Crippen LogP contribution in [0.4, 0.5) is 4.39 Å². The highest BCUT2D eigenvalue weighted by molar-refractivity contribution is 5.78. The lowest BCUT2D eigenvalue weighted by Crippen LogP contribution is -2.33. The molecule has 0 atom stereocenters. The first-order chi connectivity index (χ1) is 11.2. The summed E-state index contributed by atoms with van der Waals surface area (Å²) in [5, 5.41) is 2.91. The van der Waals surface area contributed by atoms with Crippen LogP contribution in [-0.2, 0) is 4.79 Å². The van der Waals surface area contributed by atoms with Crippen molar-refractivity contribution in [3.8, 4) is 11.8 Å². The number of benzene rings is 1. The summed E-state index contributed by atoms with van der Waals surface area (Å²) in [7, 11) is 0. The van der Waals surface area contributed by atoms with Crippen LogP contribution in [-0.4, -0.2) is 12.5 Å². The van der Waals surface area contributed by atoms with E-state index < -0.39 is 0 Å². The van der Waals surface area contributed by atoms with Gasteiger partial charge in [-0.1, -0.05) is 38.0 Å². The molecule has 2 rings (SSSR count). The van der Waals surface area contributed by atoms with Crippen molar-refractivity contribution in [3.63, 3.8) is 0 Å². The van der Waals surface area contributed by atoms with Crippen LogP contribution in [0.15, 0.2) is 24.3 Å². The zero-order chi connectivity index (χ0) is 16.5. The first-order valence-electron chi connectivity index (χ1n) is 8.71. The van der Waals surface area contributed by atoms with Crippen LogP contribution in [0.5, 0.6) is 0 Å². The van der Waals surface area contributed by atoms with Gasteiger partial charge in [0.25, 0.3) is 0 Å². The van der Waals surface area contributed by atoms with E-state index >= 15 is 0 Å². The fourth-order valence-corrected chi connectivity index (χ4v) is 3.16. The molecule has 1 N–H and O–H groups in total. The topological polar surface area (TPSA) is 29.1 Å². The summed E-state index contributed by atoms with van der Waals surface area (Å²) in [4.78, 5) is 12.1. The van der Waals surface area contributed by atoms with E-state index in [2.05, 4.69) is 24.1 Å². The van der Waals surface area contributed by atoms with Crippen LogP contribution < -0.4 is 5.32 Å². The van der Waals surface area contributed by atoms with Crippen LogP contribution in [0.25, 0.3) is 0 Å². The average molecular weight is 315 g/mol. The Kier molecular flexibility index (Phi) is 7.13. The van der Waals surface area contributed by atoms with Gasteiger partial charge in [0.05, 0.1) is 6.54 Å². The summed E-state index contributed by atoms with van der Waals surface area (Å²) in [6.45, 7) is 2.58. The second kappa shape index (κ2) is 9.35. The predicted octanol–water partition coefficient (Wildman–Crippen LogP) is 4.29. The van der Waals surface area contributed by atoms with Crippen LogP contribution >= 0.6 is 0 Å². The molecular formula is C20H26FNO. The van der Waals surface area contributed by atoms with Gasteiger partial charge in [-0.25, -0.2) is 4.39 Å². The van der Waals surface area contributed by atoms with E-state index in [1.54, 1.807) is 12.1 Å². The minimum Gasteiger partial charge on any atom is -0.345 e. The Bertz CT molecular complexity index is 547. The molecule has 0 radical (unpaired) electrons. The van der Waals surface area contributed by atoms with Crippen molar-refractivity contribution >= 4 is 5.91 Å². The maximum atomic E-state index is 12.8. The number of hydrogen-bond donors (Lipinski definition) is 1. The van der Waals surface area contributed by atoms with Crippen LogP contribution in [0.3, 0.4) is 0 Å². The van der Waals surface area contributed by atoms with Gasteiger partial charge in [0.1, 0.15) is 5.82 Å². The Balaban J connectivity index is 1.69. The zero-order valence-corrected chi connectivity index (χ0v) is 13.9. The molecule has 2 nitrogen and oxygen atoms in total. The fourth-order valence-electron chi connectivity index (χ4n) is 3.16. The average Bonchev–Trinajstić information content (AvgIpc) is 2.58. The van der Waals surface area contributed by atoms with E-state index in [0.29, 0.717) is 6.54 Å². The predicted molar refractivity (Wildman–Crippen MR) is 91.3 cm³/mol. The molecule has 0 aliphatic heterocycles. The molecule has 1 amide bonds. The SMILES string of the molecule is CCCCC1CCC(C(=O)NCC#Cc2ccc(F)cc2)CC1.